The van der Waals surface area contributed by atoms with Gasteiger partial charge in [-0.15, -0.1) is 10.2 Å². The van der Waals surface area contributed by atoms with Gasteiger partial charge in [0.05, 0.1) is 0 Å². The molecule has 0 spiro atoms. The minimum atomic E-state index is 0.650. The van der Waals surface area contributed by atoms with Crippen molar-refractivity contribution in [2.45, 2.75) is 38.3 Å². The molecule has 4 rings (SSSR count). The van der Waals surface area contributed by atoms with Gasteiger partial charge in [0, 0.05) is 30.5 Å². The van der Waals surface area contributed by atoms with Crippen molar-refractivity contribution in [1.82, 2.24) is 30.1 Å². The maximum atomic E-state index is 4.63. The van der Waals surface area contributed by atoms with Crippen molar-refractivity contribution >= 4 is 16.3 Å². The Kier molecular flexibility index (Phi) is 3.36. The third-order valence-electron chi connectivity index (χ3n) is 3.85. The highest BCUT2D eigenvalue weighted by Gasteiger charge is 2.16. The summed E-state index contributed by atoms with van der Waals surface area (Å²) in [5, 5.41) is 17.7. The largest absolute Gasteiger partial charge is 0.308 e. The molecule has 3 aromatic heterocycles. The molecule has 0 aliphatic heterocycles. The maximum Gasteiger partial charge on any atom is 0.235 e. The van der Waals surface area contributed by atoms with Gasteiger partial charge in [0.25, 0.3) is 0 Å². The molecule has 0 bridgehead atoms. The van der Waals surface area contributed by atoms with Crippen molar-refractivity contribution in [3.05, 3.63) is 29.5 Å². The van der Waals surface area contributed by atoms with Crippen LogP contribution in [-0.2, 0) is 6.54 Å². The van der Waals surface area contributed by atoms with Gasteiger partial charge in [-0.05, 0) is 25.0 Å². The lowest BCUT2D eigenvalue weighted by molar-refractivity contribution is 0.521. The van der Waals surface area contributed by atoms with Crippen molar-refractivity contribution in [3.63, 3.8) is 0 Å². The molecule has 3 aromatic rings. The number of nitrogens with zero attached hydrogens (tertiary/aromatic N) is 5. The molecule has 7 heteroatoms. The van der Waals surface area contributed by atoms with E-state index in [9.17, 15) is 0 Å². The zero-order chi connectivity index (χ0) is 14.1. The van der Waals surface area contributed by atoms with Crippen molar-refractivity contribution in [1.29, 1.82) is 0 Å². The monoisotopic (exact) mass is 300 g/mol. The van der Waals surface area contributed by atoms with Crippen LogP contribution >= 0.6 is 11.3 Å². The van der Waals surface area contributed by atoms with Crippen molar-refractivity contribution < 1.29 is 0 Å². The topological polar surface area (TPSA) is 68.0 Å². The first-order chi connectivity index (χ1) is 10.4. The standard InChI is InChI=1S/C14H16N6S/c1-2-6-11(5-1)16-9-12-19-20-13(17-18-14(20)21-12)10-4-3-7-15-8-10/h3-4,7-8,11,16H,1-2,5-6,9H2. The lowest BCUT2D eigenvalue weighted by Gasteiger charge is -2.08. The molecular formula is C14H16N6S. The summed E-state index contributed by atoms with van der Waals surface area (Å²) in [4.78, 5) is 4.96. The van der Waals surface area contributed by atoms with Crippen LogP contribution in [0.15, 0.2) is 24.5 Å². The lowest BCUT2D eigenvalue weighted by Crippen LogP contribution is -2.25. The van der Waals surface area contributed by atoms with Gasteiger partial charge in [-0.2, -0.15) is 9.61 Å². The molecule has 1 fully saturated rings. The summed E-state index contributed by atoms with van der Waals surface area (Å²) in [6, 6.07) is 4.52. The third-order valence-corrected chi connectivity index (χ3v) is 4.75. The molecule has 0 saturated heterocycles. The Hall–Kier alpha value is -1.86. The molecule has 1 N–H and O–H groups in total. The predicted molar refractivity (Wildman–Crippen MR) is 81.0 cm³/mol. The van der Waals surface area contributed by atoms with E-state index in [-0.39, 0.29) is 0 Å². The highest BCUT2D eigenvalue weighted by atomic mass is 32.1. The summed E-state index contributed by atoms with van der Waals surface area (Å²) in [5.74, 6) is 0.751. The van der Waals surface area contributed by atoms with Crippen LogP contribution in [0.2, 0.25) is 0 Å². The van der Waals surface area contributed by atoms with E-state index in [2.05, 4.69) is 25.6 Å². The Labute approximate surface area is 126 Å². The molecule has 108 valence electrons. The highest BCUT2D eigenvalue weighted by Crippen LogP contribution is 2.22. The second-order valence-electron chi connectivity index (χ2n) is 5.32. The lowest BCUT2D eigenvalue weighted by atomic mass is 10.2. The Morgan fingerprint density at radius 1 is 1.29 bits per heavy atom. The number of aromatic nitrogens is 5. The number of rotatable bonds is 4. The fraction of sp³-hybridized carbons (Fsp3) is 0.429. The summed E-state index contributed by atoms with van der Waals surface area (Å²) in [6.07, 6.45) is 8.78. The number of nitrogens with one attached hydrogen (secondary N) is 1. The van der Waals surface area contributed by atoms with Gasteiger partial charge in [-0.25, -0.2) is 0 Å². The van der Waals surface area contributed by atoms with E-state index in [4.69, 9.17) is 0 Å². The second kappa shape index (κ2) is 5.50. The van der Waals surface area contributed by atoms with Gasteiger partial charge in [0.2, 0.25) is 4.96 Å². The molecule has 0 radical (unpaired) electrons. The number of hydrogen-bond donors (Lipinski definition) is 1. The maximum absolute atomic E-state index is 4.63. The van der Waals surface area contributed by atoms with Gasteiger partial charge < -0.3 is 5.32 Å². The van der Waals surface area contributed by atoms with E-state index in [1.54, 1.807) is 23.7 Å². The zero-order valence-electron chi connectivity index (χ0n) is 11.6. The van der Waals surface area contributed by atoms with Gasteiger partial charge in [-0.1, -0.05) is 24.2 Å². The molecule has 21 heavy (non-hydrogen) atoms. The summed E-state index contributed by atoms with van der Waals surface area (Å²) in [7, 11) is 0. The third kappa shape index (κ3) is 2.54. The Morgan fingerprint density at radius 3 is 3.00 bits per heavy atom. The number of hydrogen-bond acceptors (Lipinski definition) is 6. The smallest absolute Gasteiger partial charge is 0.235 e. The van der Waals surface area contributed by atoms with Crippen molar-refractivity contribution in [3.8, 4) is 11.4 Å². The molecule has 1 aliphatic carbocycles. The van der Waals surface area contributed by atoms with Gasteiger partial charge in [0.1, 0.15) is 5.01 Å². The van der Waals surface area contributed by atoms with E-state index < -0.39 is 0 Å². The summed E-state index contributed by atoms with van der Waals surface area (Å²) >= 11 is 1.59. The molecule has 0 atom stereocenters. The number of pyridine rings is 1. The van der Waals surface area contributed by atoms with E-state index in [0.717, 1.165) is 27.9 Å². The van der Waals surface area contributed by atoms with Crippen LogP contribution in [0.25, 0.3) is 16.3 Å². The minimum Gasteiger partial charge on any atom is -0.308 e. The van der Waals surface area contributed by atoms with Crippen LogP contribution in [0, 0.1) is 0 Å². The quantitative estimate of drug-likeness (QED) is 0.800. The van der Waals surface area contributed by atoms with E-state index >= 15 is 0 Å². The van der Waals surface area contributed by atoms with Gasteiger partial charge in [-0.3, -0.25) is 4.98 Å². The summed E-state index contributed by atoms with van der Waals surface area (Å²) in [6.45, 7) is 0.811. The van der Waals surface area contributed by atoms with Gasteiger partial charge >= 0.3 is 0 Å². The van der Waals surface area contributed by atoms with E-state index in [1.807, 2.05) is 16.6 Å². The van der Waals surface area contributed by atoms with Crippen LogP contribution < -0.4 is 5.32 Å². The average Bonchev–Trinajstić information content (AvgIpc) is 3.22. The predicted octanol–water partition coefficient (Wildman–Crippen LogP) is 2.28. The van der Waals surface area contributed by atoms with Crippen LogP contribution in [0.5, 0.6) is 0 Å². The molecule has 0 aromatic carbocycles. The molecule has 6 nitrogen and oxygen atoms in total. The SMILES string of the molecule is c1cncc(-c2nnc3sc(CNC4CCCC4)nn23)c1. The van der Waals surface area contributed by atoms with Crippen LogP contribution in [0.1, 0.15) is 30.7 Å². The number of fused-ring (bicyclic) bond motifs is 1. The molecule has 1 aliphatic rings. The fourth-order valence-electron chi connectivity index (χ4n) is 2.76. The van der Waals surface area contributed by atoms with Crippen molar-refractivity contribution in [2.75, 3.05) is 0 Å². The second-order valence-corrected chi connectivity index (χ2v) is 6.36. The highest BCUT2D eigenvalue weighted by molar-refractivity contribution is 7.16. The molecular weight excluding hydrogens is 284 g/mol. The fourth-order valence-corrected chi connectivity index (χ4v) is 3.55. The normalized spacial score (nSPS) is 16.0. The molecule has 0 unspecified atom stereocenters. The van der Waals surface area contributed by atoms with E-state index in [1.165, 1.54) is 25.7 Å². The molecule has 1 saturated carbocycles. The first kappa shape index (κ1) is 12.8. The Bertz CT molecular complexity index is 728. The molecule has 3 heterocycles. The van der Waals surface area contributed by atoms with Crippen LogP contribution in [0.3, 0.4) is 0 Å². The Morgan fingerprint density at radius 2 is 2.19 bits per heavy atom. The summed E-state index contributed by atoms with van der Waals surface area (Å²) in [5.41, 5.74) is 0.936. The van der Waals surface area contributed by atoms with Crippen LogP contribution in [-0.4, -0.2) is 30.8 Å². The summed E-state index contributed by atoms with van der Waals surface area (Å²) < 4.78 is 1.81. The first-order valence-electron chi connectivity index (χ1n) is 7.25. The van der Waals surface area contributed by atoms with Crippen LogP contribution in [0.4, 0.5) is 0 Å². The average molecular weight is 300 g/mol. The van der Waals surface area contributed by atoms with Crippen molar-refractivity contribution in [2.24, 2.45) is 0 Å². The Balaban J connectivity index is 1.57. The first-order valence-corrected chi connectivity index (χ1v) is 8.07. The van der Waals surface area contributed by atoms with Gasteiger partial charge in [0.15, 0.2) is 5.82 Å². The zero-order valence-corrected chi connectivity index (χ0v) is 12.4. The molecule has 0 amide bonds. The van der Waals surface area contributed by atoms with E-state index in [0.29, 0.717) is 6.04 Å². The minimum absolute atomic E-state index is 0.650.